The normalized spacial score (nSPS) is 21.0. The third-order valence-electron chi connectivity index (χ3n) is 3.27. The molecule has 0 radical (unpaired) electrons. The lowest BCUT2D eigenvalue weighted by Gasteiger charge is -2.33. The van der Waals surface area contributed by atoms with Gasteiger partial charge in [0.15, 0.2) is 0 Å². The molecule has 1 fully saturated rings. The monoisotopic (exact) mass is 342 g/mol. The molecule has 1 aromatic rings. The van der Waals surface area contributed by atoms with Gasteiger partial charge in [-0.15, -0.1) is 0 Å². The first kappa shape index (κ1) is 16.6. The number of hydrogen-bond acceptors (Lipinski definition) is 3. The molecule has 2 amide bonds. The first-order valence-corrected chi connectivity index (χ1v) is 7.57. The van der Waals surface area contributed by atoms with Crippen LogP contribution in [-0.2, 0) is 9.53 Å². The van der Waals surface area contributed by atoms with Crippen LogP contribution >= 0.6 is 23.2 Å². The molecular weight excluding hydrogens is 327 g/mol. The van der Waals surface area contributed by atoms with Crippen molar-refractivity contribution in [2.24, 2.45) is 5.92 Å². The number of amides is 2. The van der Waals surface area contributed by atoms with E-state index in [2.05, 4.69) is 17.2 Å². The fourth-order valence-corrected chi connectivity index (χ4v) is 2.79. The number of carbonyl (C=O) groups excluding carboxylic acids is 2. The number of halogens is 2. The fourth-order valence-electron chi connectivity index (χ4n) is 2.27. The van der Waals surface area contributed by atoms with Gasteiger partial charge in [-0.3, -0.25) is 4.79 Å². The van der Waals surface area contributed by atoms with Crippen LogP contribution < -0.4 is 10.6 Å². The van der Waals surface area contributed by atoms with Crippen LogP contribution in [0.1, 0.15) is 24.9 Å². The van der Waals surface area contributed by atoms with Crippen molar-refractivity contribution in [2.75, 3.05) is 6.61 Å². The SMILES string of the molecule is C=C1NC(=O)N[C@@H](c2ccc(Cl)cc2Cl)[C@@H]1C(=O)OCCC. The number of rotatable bonds is 4. The Hall–Kier alpha value is -1.72. The smallest absolute Gasteiger partial charge is 0.319 e. The second kappa shape index (κ2) is 7.03. The molecule has 1 aromatic carbocycles. The molecule has 1 aliphatic heterocycles. The molecule has 1 saturated heterocycles. The molecule has 2 atom stereocenters. The van der Waals surface area contributed by atoms with Gasteiger partial charge in [-0.25, -0.2) is 4.79 Å². The summed E-state index contributed by atoms with van der Waals surface area (Å²) >= 11 is 12.1. The topological polar surface area (TPSA) is 67.4 Å². The Morgan fingerprint density at radius 1 is 1.41 bits per heavy atom. The second-order valence-corrected chi connectivity index (χ2v) is 5.76. The Kier molecular flexibility index (Phi) is 5.32. The first-order valence-electron chi connectivity index (χ1n) is 6.82. The predicted octanol–water partition coefficient (Wildman–Crippen LogP) is 3.43. The van der Waals surface area contributed by atoms with Gasteiger partial charge >= 0.3 is 12.0 Å². The minimum atomic E-state index is -0.761. The molecular formula is C15H16Cl2N2O3. The zero-order chi connectivity index (χ0) is 16.3. The summed E-state index contributed by atoms with van der Waals surface area (Å²) in [7, 11) is 0. The molecule has 1 heterocycles. The van der Waals surface area contributed by atoms with Gasteiger partial charge < -0.3 is 15.4 Å². The Bertz CT molecular complexity index is 619. The van der Waals surface area contributed by atoms with E-state index in [1.165, 1.54) is 0 Å². The highest BCUT2D eigenvalue weighted by atomic mass is 35.5. The minimum Gasteiger partial charge on any atom is -0.465 e. The summed E-state index contributed by atoms with van der Waals surface area (Å²) < 4.78 is 5.19. The lowest BCUT2D eigenvalue weighted by atomic mass is 9.89. The summed E-state index contributed by atoms with van der Waals surface area (Å²) in [6.07, 6.45) is 0.705. The summed E-state index contributed by atoms with van der Waals surface area (Å²) in [5.74, 6) is -1.22. The molecule has 0 bridgehead atoms. The van der Waals surface area contributed by atoms with Gasteiger partial charge in [-0.1, -0.05) is 42.8 Å². The minimum absolute atomic E-state index is 0.279. The van der Waals surface area contributed by atoms with Gasteiger partial charge in [0.05, 0.1) is 12.6 Å². The summed E-state index contributed by atoms with van der Waals surface area (Å²) in [6.45, 7) is 5.96. The summed E-state index contributed by atoms with van der Waals surface area (Å²) in [6, 6.07) is 3.78. The van der Waals surface area contributed by atoms with Crippen molar-refractivity contribution in [2.45, 2.75) is 19.4 Å². The zero-order valence-electron chi connectivity index (χ0n) is 12.0. The van der Waals surface area contributed by atoms with Crippen LogP contribution in [0.15, 0.2) is 30.5 Å². The molecule has 118 valence electrons. The van der Waals surface area contributed by atoms with Gasteiger partial charge in [0, 0.05) is 15.7 Å². The summed E-state index contributed by atoms with van der Waals surface area (Å²) in [5.41, 5.74) is 0.862. The Balaban J connectivity index is 2.36. The highest BCUT2D eigenvalue weighted by Gasteiger charge is 2.39. The number of ether oxygens (including phenoxy) is 1. The van der Waals surface area contributed by atoms with Gasteiger partial charge in [0.1, 0.15) is 5.92 Å². The molecule has 22 heavy (non-hydrogen) atoms. The van der Waals surface area contributed by atoms with Gasteiger partial charge in [-0.05, 0) is 24.1 Å². The molecule has 1 aliphatic rings. The number of nitrogens with one attached hydrogen (secondary N) is 2. The lowest BCUT2D eigenvalue weighted by molar-refractivity contribution is -0.148. The third-order valence-corrected chi connectivity index (χ3v) is 3.83. The van der Waals surface area contributed by atoms with Crippen LogP contribution in [-0.4, -0.2) is 18.6 Å². The third kappa shape index (κ3) is 3.54. The van der Waals surface area contributed by atoms with Crippen molar-refractivity contribution < 1.29 is 14.3 Å². The summed E-state index contributed by atoms with van der Waals surface area (Å²) in [5, 5.41) is 6.03. The maximum Gasteiger partial charge on any atom is 0.319 e. The first-order chi connectivity index (χ1) is 10.4. The van der Waals surface area contributed by atoms with E-state index in [-0.39, 0.29) is 5.70 Å². The Morgan fingerprint density at radius 2 is 2.14 bits per heavy atom. The molecule has 7 heteroatoms. The maximum absolute atomic E-state index is 12.3. The lowest BCUT2D eigenvalue weighted by Crippen LogP contribution is -2.51. The van der Waals surface area contributed by atoms with Crippen molar-refractivity contribution in [1.29, 1.82) is 0 Å². The number of esters is 1. The number of benzene rings is 1. The van der Waals surface area contributed by atoms with Crippen LogP contribution in [0.2, 0.25) is 10.0 Å². The van der Waals surface area contributed by atoms with E-state index in [0.717, 1.165) is 0 Å². The maximum atomic E-state index is 12.3. The standard InChI is InChI=1S/C15H16Cl2N2O3/c1-3-6-22-14(20)12-8(2)18-15(21)19-13(12)10-5-4-9(16)7-11(10)17/h4-5,7,12-13H,2-3,6H2,1H3,(H2,18,19,21)/t12-,13+/m1/s1. The largest absolute Gasteiger partial charge is 0.465 e. The molecule has 0 unspecified atom stereocenters. The molecule has 0 saturated carbocycles. The van der Waals surface area contributed by atoms with Crippen LogP contribution in [0.3, 0.4) is 0 Å². The van der Waals surface area contributed by atoms with E-state index < -0.39 is 24.0 Å². The molecule has 2 rings (SSSR count). The van der Waals surface area contributed by atoms with E-state index in [1.807, 2.05) is 6.92 Å². The van der Waals surface area contributed by atoms with Crippen LogP contribution in [0, 0.1) is 5.92 Å². The molecule has 2 N–H and O–H groups in total. The zero-order valence-corrected chi connectivity index (χ0v) is 13.5. The van der Waals surface area contributed by atoms with E-state index in [4.69, 9.17) is 27.9 Å². The Labute approximate surface area is 138 Å². The molecule has 0 aromatic heterocycles. The number of carbonyl (C=O) groups is 2. The van der Waals surface area contributed by atoms with Crippen LogP contribution in [0.25, 0.3) is 0 Å². The Morgan fingerprint density at radius 3 is 2.77 bits per heavy atom. The number of urea groups is 1. The second-order valence-electron chi connectivity index (χ2n) is 4.91. The van der Waals surface area contributed by atoms with E-state index in [1.54, 1.807) is 18.2 Å². The van der Waals surface area contributed by atoms with E-state index in [0.29, 0.717) is 28.6 Å². The van der Waals surface area contributed by atoms with Crippen LogP contribution in [0.4, 0.5) is 4.79 Å². The van der Waals surface area contributed by atoms with Gasteiger partial charge in [0.2, 0.25) is 0 Å². The van der Waals surface area contributed by atoms with E-state index in [9.17, 15) is 9.59 Å². The average molecular weight is 343 g/mol. The van der Waals surface area contributed by atoms with Gasteiger partial charge in [0.25, 0.3) is 0 Å². The highest BCUT2D eigenvalue weighted by Crippen LogP contribution is 2.35. The van der Waals surface area contributed by atoms with Crippen molar-refractivity contribution in [3.8, 4) is 0 Å². The molecule has 0 spiro atoms. The molecule has 5 nitrogen and oxygen atoms in total. The van der Waals surface area contributed by atoms with Gasteiger partial charge in [-0.2, -0.15) is 0 Å². The fraction of sp³-hybridized carbons (Fsp3) is 0.333. The van der Waals surface area contributed by atoms with Crippen molar-refractivity contribution in [1.82, 2.24) is 10.6 Å². The van der Waals surface area contributed by atoms with E-state index >= 15 is 0 Å². The van der Waals surface area contributed by atoms with Crippen molar-refractivity contribution >= 4 is 35.2 Å². The van der Waals surface area contributed by atoms with Crippen molar-refractivity contribution in [3.05, 3.63) is 46.1 Å². The average Bonchev–Trinajstić information content (AvgIpc) is 2.44. The number of hydrogen-bond donors (Lipinski definition) is 2. The predicted molar refractivity (Wildman–Crippen MR) is 84.8 cm³/mol. The molecule has 0 aliphatic carbocycles. The quantitative estimate of drug-likeness (QED) is 0.823. The van der Waals surface area contributed by atoms with Crippen LogP contribution in [0.5, 0.6) is 0 Å². The highest BCUT2D eigenvalue weighted by molar-refractivity contribution is 6.35. The van der Waals surface area contributed by atoms with Crippen molar-refractivity contribution in [3.63, 3.8) is 0 Å². The summed E-state index contributed by atoms with van der Waals surface area (Å²) in [4.78, 5) is 24.0.